The fourth-order valence-corrected chi connectivity index (χ4v) is 3.36. The van der Waals surface area contributed by atoms with E-state index in [1.54, 1.807) is 12.0 Å². The number of hydrogen-bond donors (Lipinski definition) is 1. The molecular weight excluding hydrogens is 340 g/mol. The monoisotopic (exact) mass is 362 g/mol. The molecule has 4 rings (SSSR count). The highest BCUT2D eigenvalue weighted by Crippen LogP contribution is 2.30. The van der Waals surface area contributed by atoms with Crippen molar-refractivity contribution < 1.29 is 9.53 Å². The minimum Gasteiger partial charge on any atom is -0.382 e. The summed E-state index contributed by atoms with van der Waals surface area (Å²) >= 11 is 0. The van der Waals surface area contributed by atoms with Gasteiger partial charge in [0.2, 0.25) is 0 Å². The first-order chi connectivity index (χ1) is 13.2. The highest BCUT2D eigenvalue weighted by molar-refractivity contribution is 5.95. The van der Waals surface area contributed by atoms with Gasteiger partial charge in [-0.1, -0.05) is 30.3 Å². The van der Waals surface area contributed by atoms with Crippen LogP contribution in [0.3, 0.4) is 0 Å². The van der Waals surface area contributed by atoms with E-state index in [9.17, 15) is 4.79 Å². The third-order valence-corrected chi connectivity index (χ3v) is 4.93. The van der Waals surface area contributed by atoms with Gasteiger partial charge in [0.15, 0.2) is 0 Å². The fourth-order valence-electron chi connectivity index (χ4n) is 3.36. The quantitative estimate of drug-likeness (QED) is 0.907. The smallest absolute Gasteiger partial charge is 0.254 e. The first-order valence-corrected chi connectivity index (χ1v) is 8.92. The summed E-state index contributed by atoms with van der Waals surface area (Å²) in [5.41, 5.74) is 8.59. The lowest BCUT2D eigenvalue weighted by Gasteiger charge is -2.38. The molecule has 0 aliphatic carbocycles. The SMILES string of the molecule is COC1CN(C(=O)c2cccc(C3C=NC(N)=CN3c3ccccc3)c2)C1. The van der Waals surface area contributed by atoms with Crippen LogP contribution in [0.1, 0.15) is 22.0 Å². The number of amides is 1. The third-order valence-electron chi connectivity index (χ3n) is 4.93. The Bertz CT molecular complexity index is 888. The number of carbonyl (C=O) groups is 1. The number of nitrogens with zero attached hydrogens (tertiary/aromatic N) is 3. The zero-order valence-electron chi connectivity index (χ0n) is 15.2. The average molecular weight is 362 g/mol. The van der Waals surface area contributed by atoms with Crippen LogP contribution in [0.15, 0.2) is 71.6 Å². The van der Waals surface area contributed by atoms with Gasteiger partial charge in [0.25, 0.3) is 5.91 Å². The lowest BCUT2D eigenvalue weighted by molar-refractivity contribution is -0.0192. The molecule has 6 heteroatoms. The Morgan fingerprint density at radius 1 is 1.15 bits per heavy atom. The number of methoxy groups -OCH3 is 1. The molecule has 2 N–H and O–H groups in total. The van der Waals surface area contributed by atoms with E-state index in [0.29, 0.717) is 24.5 Å². The maximum Gasteiger partial charge on any atom is 0.254 e. The van der Waals surface area contributed by atoms with E-state index < -0.39 is 0 Å². The van der Waals surface area contributed by atoms with Crippen LogP contribution >= 0.6 is 0 Å². The zero-order chi connectivity index (χ0) is 18.8. The predicted octanol–water partition coefficient (Wildman–Crippen LogP) is 2.55. The topological polar surface area (TPSA) is 71.2 Å². The second-order valence-corrected chi connectivity index (χ2v) is 6.71. The summed E-state index contributed by atoms with van der Waals surface area (Å²) in [4.78, 5) is 20.9. The Morgan fingerprint density at radius 3 is 2.67 bits per heavy atom. The summed E-state index contributed by atoms with van der Waals surface area (Å²) in [5, 5.41) is 0. The van der Waals surface area contributed by atoms with Gasteiger partial charge < -0.3 is 20.3 Å². The highest BCUT2D eigenvalue weighted by Gasteiger charge is 2.31. The standard InChI is InChI=1S/C21H22N4O2/c1-27-18-12-24(13-18)21(26)16-7-5-6-15(10-16)19-11-23-20(22)14-25(19)17-8-3-2-4-9-17/h2-11,14,18-19H,12-13,22H2,1H3. The molecule has 0 spiro atoms. The third kappa shape index (κ3) is 3.44. The number of benzene rings is 2. The van der Waals surface area contributed by atoms with Gasteiger partial charge in [-0.05, 0) is 29.8 Å². The van der Waals surface area contributed by atoms with Crippen LogP contribution < -0.4 is 10.6 Å². The van der Waals surface area contributed by atoms with E-state index in [1.165, 1.54) is 0 Å². The van der Waals surface area contributed by atoms with Crippen LogP contribution in [0.25, 0.3) is 0 Å². The Hall–Kier alpha value is -3.12. The van der Waals surface area contributed by atoms with Gasteiger partial charge in [0.1, 0.15) is 5.82 Å². The van der Waals surface area contributed by atoms with E-state index in [0.717, 1.165) is 11.3 Å². The minimum absolute atomic E-state index is 0.0271. The zero-order valence-corrected chi connectivity index (χ0v) is 15.2. The molecule has 2 aromatic carbocycles. The first-order valence-electron chi connectivity index (χ1n) is 8.92. The molecule has 0 saturated carbocycles. The van der Waals surface area contributed by atoms with Gasteiger partial charge in [0.05, 0.1) is 12.1 Å². The van der Waals surface area contributed by atoms with Gasteiger partial charge in [-0.15, -0.1) is 0 Å². The largest absolute Gasteiger partial charge is 0.382 e. The number of para-hydroxylation sites is 1. The van der Waals surface area contributed by atoms with Crippen molar-refractivity contribution in [3.05, 3.63) is 77.7 Å². The van der Waals surface area contributed by atoms with Crippen molar-refractivity contribution in [1.29, 1.82) is 0 Å². The van der Waals surface area contributed by atoms with Crippen LogP contribution in [0.4, 0.5) is 5.69 Å². The number of hydrogen-bond acceptors (Lipinski definition) is 5. The summed E-state index contributed by atoms with van der Waals surface area (Å²) < 4.78 is 5.26. The van der Waals surface area contributed by atoms with Crippen molar-refractivity contribution in [2.24, 2.45) is 10.7 Å². The maximum atomic E-state index is 12.7. The molecule has 0 radical (unpaired) electrons. The van der Waals surface area contributed by atoms with E-state index in [1.807, 2.05) is 67.0 Å². The lowest BCUT2D eigenvalue weighted by Crippen LogP contribution is -2.54. The fraction of sp³-hybridized carbons (Fsp3) is 0.238. The molecule has 6 nitrogen and oxygen atoms in total. The number of carbonyl (C=O) groups excluding carboxylic acids is 1. The Morgan fingerprint density at radius 2 is 1.93 bits per heavy atom. The number of likely N-dealkylation sites (tertiary alicyclic amines) is 1. The number of nitrogens with two attached hydrogens (primary N) is 1. The Balaban J connectivity index is 1.61. The van der Waals surface area contributed by atoms with Crippen LogP contribution in [-0.2, 0) is 4.74 Å². The normalized spacial score (nSPS) is 19.6. The first kappa shape index (κ1) is 17.3. The van der Waals surface area contributed by atoms with E-state index in [4.69, 9.17) is 10.5 Å². The number of ether oxygens (including phenoxy) is 1. The molecule has 1 unspecified atom stereocenters. The highest BCUT2D eigenvalue weighted by atomic mass is 16.5. The summed E-state index contributed by atoms with van der Waals surface area (Å²) in [7, 11) is 1.67. The maximum absolute atomic E-state index is 12.7. The second kappa shape index (κ2) is 7.25. The molecule has 1 amide bonds. The molecule has 138 valence electrons. The average Bonchev–Trinajstić information content (AvgIpc) is 2.68. The van der Waals surface area contributed by atoms with Crippen molar-refractivity contribution >= 4 is 17.8 Å². The predicted molar refractivity (Wildman–Crippen MR) is 106 cm³/mol. The molecule has 2 aromatic rings. The molecule has 0 bridgehead atoms. The molecule has 0 aromatic heterocycles. The van der Waals surface area contributed by atoms with Gasteiger partial charge in [-0.25, -0.2) is 4.99 Å². The van der Waals surface area contributed by atoms with E-state index in [-0.39, 0.29) is 18.1 Å². The van der Waals surface area contributed by atoms with E-state index >= 15 is 0 Å². The van der Waals surface area contributed by atoms with Gasteiger partial charge >= 0.3 is 0 Å². The summed E-state index contributed by atoms with van der Waals surface area (Å²) in [6, 6.07) is 17.6. The van der Waals surface area contributed by atoms with Crippen LogP contribution in [0.5, 0.6) is 0 Å². The Labute approximate surface area is 158 Å². The minimum atomic E-state index is -0.129. The molecule has 2 aliphatic rings. The van der Waals surface area contributed by atoms with Gasteiger partial charge in [0, 0.05) is 43.9 Å². The molecular formula is C21H22N4O2. The lowest BCUT2D eigenvalue weighted by atomic mass is 10.0. The van der Waals surface area contributed by atoms with E-state index in [2.05, 4.69) is 9.89 Å². The van der Waals surface area contributed by atoms with Crippen LogP contribution in [0.2, 0.25) is 0 Å². The summed E-state index contributed by atoms with van der Waals surface area (Å²) in [6.45, 7) is 1.28. The van der Waals surface area contributed by atoms with Crippen molar-refractivity contribution in [1.82, 2.24) is 4.90 Å². The van der Waals surface area contributed by atoms with Crippen molar-refractivity contribution in [2.45, 2.75) is 12.1 Å². The van der Waals surface area contributed by atoms with Crippen LogP contribution in [0, 0.1) is 0 Å². The van der Waals surface area contributed by atoms with Crippen molar-refractivity contribution in [3.8, 4) is 0 Å². The molecule has 2 aliphatic heterocycles. The van der Waals surface area contributed by atoms with Gasteiger partial charge in [-0.3, -0.25) is 4.79 Å². The summed E-state index contributed by atoms with van der Waals surface area (Å²) in [6.07, 6.45) is 3.79. The van der Waals surface area contributed by atoms with Crippen molar-refractivity contribution in [3.63, 3.8) is 0 Å². The summed E-state index contributed by atoms with van der Waals surface area (Å²) in [5.74, 6) is 0.479. The molecule has 2 heterocycles. The van der Waals surface area contributed by atoms with Crippen LogP contribution in [-0.4, -0.2) is 43.3 Å². The van der Waals surface area contributed by atoms with Gasteiger partial charge in [-0.2, -0.15) is 0 Å². The van der Waals surface area contributed by atoms with Crippen molar-refractivity contribution in [2.75, 3.05) is 25.1 Å². The molecule has 27 heavy (non-hydrogen) atoms. The Kier molecular flexibility index (Phi) is 4.64. The number of aliphatic imine (C=N–C) groups is 1. The molecule has 1 atom stereocenters. The molecule has 1 fully saturated rings. The second-order valence-electron chi connectivity index (χ2n) is 6.71. The molecule has 1 saturated heterocycles. The number of rotatable bonds is 4. The number of anilines is 1.